The molecule has 1 fully saturated rings. The van der Waals surface area contributed by atoms with E-state index in [9.17, 15) is 0 Å². The summed E-state index contributed by atoms with van der Waals surface area (Å²) in [6.45, 7) is 9.39. The number of fused-ring (bicyclic) bond motifs is 2. The Bertz CT molecular complexity index is 768. The first-order valence-electron chi connectivity index (χ1n) is 10.3. The van der Waals surface area contributed by atoms with E-state index in [1.165, 1.54) is 40.7 Å². The van der Waals surface area contributed by atoms with Gasteiger partial charge in [0.05, 0.1) is 18.7 Å². The fourth-order valence-electron chi connectivity index (χ4n) is 4.32. The summed E-state index contributed by atoms with van der Waals surface area (Å²) in [5.74, 6) is 0. The molecule has 0 radical (unpaired) electrons. The maximum Gasteiger partial charge on any atom is 0.0729 e. The highest BCUT2D eigenvalue weighted by atomic mass is 16.5. The Morgan fingerprint density at radius 2 is 2.00 bits per heavy atom. The molecule has 0 spiro atoms. The van der Waals surface area contributed by atoms with Crippen LogP contribution in [-0.2, 0) is 24.0 Å². The maximum absolute atomic E-state index is 5.48. The lowest BCUT2D eigenvalue weighted by atomic mass is 9.92. The zero-order valence-electron chi connectivity index (χ0n) is 16.2. The molecule has 4 heteroatoms. The van der Waals surface area contributed by atoms with Crippen molar-refractivity contribution in [3.05, 3.63) is 35.0 Å². The van der Waals surface area contributed by atoms with Crippen LogP contribution in [0.2, 0.25) is 0 Å². The minimum absolute atomic E-state index is 0.413. The fraction of sp³-hybridized carbons (Fsp3) is 0.591. The second kappa shape index (κ2) is 7.93. The number of ether oxygens (including phenoxy) is 1. The first-order valence-corrected chi connectivity index (χ1v) is 10.3. The van der Waals surface area contributed by atoms with Gasteiger partial charge >= 0.3 is 0 Å². The Balaban J connectivity index is 1.65. The predicted octanol–water partition coefficient (Wildman–Crippen LogP) is 3.81. The Hall–Kier alpha value is -1.65. The molecule has 0 saturated carbocycles. The number of morpholine rings is 1. The normalized spacial score (nSPS) is 19.3. The van der Waals surface area contributed by atoms with Crippen LogP contribution in [0.1, 0.15) is 43.5 Å². The van der Waals surface area contributed by atoms with Crippen molar-refractivity contribution in [1.29, 1.82) is 0 Å². The van der Waals surface area contributed by atoms with Gasteiger partial charge in [-0.2, -0.15) is 0 Å². The molecular formula is C22H31N3O. The first kappa shape index (κ1) is 17.7. The largest absolute Gasteiger partial charge is 0.380 e. The Morgan fingerprint density at radius 1 is 1.19 bits per heavy atom. The highest BCUT2D eigenvalue weighted by Crippen LogP contribution is 2.34. The maximum atomic E-state index is 5.48. The van der Waals surface area contributed by atoms with Crippen LogP contribution < -0.4 is 5.32 Å². The zero-order chi connectivity index (χ0) is 17.9. The minimum Gasteiger partial charge on any atom is -0.380 e. The van der Waals surface area contributed by atoms with Crippen molar-refractivity contribution in [1.82, 2.24) is 9.88 Å². The summed E-state index contributed by atoms with van der Waals surface area (Å²) >= 11 is 0. The highest BCUT2D eigenvalue weighted by molar-refractivity contribution is 5.94. The van der Waals surface area contributed by atoms with Crippen molar-refractivity contribution in [2.75, 3.05) is 38.2 Å². The number of pyridine rings is 1. The van der Waals surface area contributed by atoms with Gasteiger partial charge in [0.15, 0.2) is 0 Å². The molecule has 2 aliphatic rings. The average Bonchev–Trinajstić information content (AvgIpc) is 2.68. The lowest BCUT2D eigenvalue weighted by molar-refractivity contribution is 0.0368. The van der Waals surface area contributed by atoms with E-state index in [2.05, 4.69) is 42.3 Å². The fourth-order valence-corrected chi connectivity index (χ4v) is 4.32. The Morgan fingerprint density at radius 3 is 2.81 bits per heavy atom. The zero-order valence-corrected chi connectivity index (χ0v) is 16.2. The van der Waals surface area contributed by atoms with Crippen LogP contribution in [-0.4, -0.2) is 48.8 Å². The lowest BCUT2D eigenvalue weighted by Gasteiger charge is -2.31. The Kier molecular flexibility index (Phi) is 5.41. The van der Waals surface area contributed by atoms with Crippen LogP contribution in [0.5, 0.6) is 0 Å². The number of hydrogen-bond donors (Lipinski definition) is 1. The van der Waals surface area contributed by atoms with Crippen LogP contribution in [0, 0.1) is 0 Å². The van der Waals surface area contributed by atoms with Gasteiger partial charge in [-0.3, -0.25) is 9.88 Å². The van der Waals surface area contributed by atoms with Gasteiger partial charge in [0.25, 0.3) is 0 Å². The van der Waals surface area contributed by atoms with E-state index in [1.54, 1.807) is 0 Å². The number of nitrogens with one attached hydrogen (secondary N) is 1. The molecular weight excluding hydrogens is 322 g/mol. The molecule has 140 valence electrons. The molecule has 26 heavy (non-hydrogen) atoms. The van der Waals surface area contributed by atoms with E-state index < -0.39 is 0 Å². The summed E-state index contributed by atoms with van der Waals surface area (Å²) in [5, 5.41) is 5.16. The van der Waals surface area contributed by atoms with Gasteiger partial charge < -0.3 is 10.1 Å². The summed E-state index contributed by atoms with van der Waals surface area (Å²) in [6.07, 6.45) is 5.88. The standard InChI is InChI=1S/C22H31N3O/c1-3-17-8-9-19-21(14-17)24-20-7-5-4-6-18(20)22(19)23-16(2)15-25-10-12-26-13-11-25/h8-9,14,16H,3-7,10-13,15H2,1-2H3,(H,23,24). The molecule has 1 unspecified atom stereocenters. The molecule has 0 amide bonds. The predicted molar refractivity (Wildman–Crippen MR) is 108 cm³/mol. The molecule has 4 nitrogen and oxygen atoms in total. The van der Waals surface area contributed by atoms with Crippen molar-refractivity contribution in [3.63, 3.8) is 0 Å². The van der Waals surface area contributed by atoms with Crippen LogP contribution in [0.25, 0.3) is 10.9 Å². The Labute approximate surface area is 156 Å². The van der Waals surface area contributed by atoms with Crippen LogP contribution in [0.4, 0.5) is 5.69 Å². The second-order valence-electron chi connectivity index (χ2n) is 7.78. The molecule has 1 N–H and O–H groups in total. The van der Waals surface area contributed by atoms with E-state index in [4.69, 9.17) is 9.72 Å². The van der Waals surface area contributed by atoms with Crippen LogP contribution in [0.15, 0.2) is 18.2 Å². The summed E-state index contributed by atoms with van der Waals surface area (Å²) in [4.78, 5) is 7.55. The number of anilines is 1. The molecule has 1 aliphatic heterocycles. The molecule has 1 aromatic heterocycles. The lowest BCUT2D eigenvalue weighted by Crippen LogP contribution is -2.42. The van der Waals surface area contributed by atoms with Gasteiger partial charge in [-0.15, -0.1) is 0 Å². The number of hydrogen-bond acceptors (Lipinski definition) is 4. The quantitative estimate of drug-likeness (QED) is 0.887. The summed E-state index contributed by atoms with van der Waals surface area (Å²) < 4.78 is 5.48. The molecule has 1 saturated heterocycles. The summed E-state index contributed by atoms with van der Waals surface area (Å²) in [6, 6.07) is 7.23. The van der Waals surface area contributed by atoms with E-state index in [1.807, 2.05) is 0 Å². The molecule has 1 aromatic carbocycles. The minimum atomic E-state index is 0.413. The van der Waals surface area contributed by atoms with Crippen molar-refractivity contribution >= 4 is 16.6 Å². The third-order valence-electron chi connectivity index (χ3n) is 5.76. The third kappa shape index (κ3) is 3.72. The molecule has 0 bridgehead atoms. The van der Waals surface area contributed by atoms with E-state index in [0.717, 1.165) is 57.6 Å². The van der Waals surface area contributed by atoms with Gasteiger partial charge in [-0.1, -0.05) is 19.1 Å². The van der Waals surface area contributed by atoms with E-state index in [-0.39, 0.29) is 0 Å². The molecule has 1 atom stereocenters. The smallest absolute Gasteiger partial charge is 0.0729 e. The monoisotopic (exact) mass is 353 g/mol. The number of aryl methyl sites for hydroxylation is 2. The summed E-state index contributed by atoms with van der Waals surface area (Å²) in [5.41, 5.74) is 6.65. The SMILES string of the molecule is CCc1ccc2c(NC(C)CN3CCOCC3)c3c(nc2c1)CCCC3. The second-order valence-corrected chi connectivity index (χ2v) is 7.78. The van der Waals surface area contributed by atoms with Gasteiger partial charge in [0, 0.05) is 42.4 Å². The van der Waals surface area contributed by atoms with Gasteiger partial charge in [-0.25, -0.2) is 0 Å². The van der Waals surface area contributed by atoms with Crippen molar-refractivity contribution in [2.45, 2.75) is 52.0 Å². The number of benzene rings is 1. The average molecular weight is 354 g/mol. The topological polar surface area (TPSA) is 37.4 Å². The summed E-state index contributed by atoms with van der Waals surface area (Å²) in [7, 11) is 0. The van der Waals surface area contributed by atoms with E-state index >= 15 is 0 Å². The molecule has 4 rings (SSSR count). The first-order chi connectivity index (χ1) is 12.7. The number of nitrogens with zero attached hydrogens (tertiary/aromatic N) is 2. The molecule has 2 heterocycles. The van der Waals surface area contributed by atoms with Gasteiger partial charge in [-0.05, 0) is 56.2 Å². The third-order valence-corrected chi connectivity index (χ3v) is 5.76. The van der Waals surface area contributed by atoms with Crippen molar-refractivity contribution in [2.24, 2.45) is 0 Å². The molecule has 2 aromatic rings. The van der Waals surface area contributed by atoms with Crippen LogP contribution in [0.3, 0.4) is 0 Å². The van der Waals surface area contributed by atoms with Gasteiger partial charge in [0.1, 0.15) is 0 Å². The number of aromatic nitrogens is 1. The van der Waals surface area contributed by atoms with Crippen LogP contribution >= 0.6 is 0 Å². The van der Waals surface area contributed by atoms with Gasteiger partial charge in [0.2, 0.25) is 0 Å². The number of rotatable bonds is 5. The van der Waals surface area contributed by atoms with E-state index in [0.29, 0.717) is 6.04 Å². The van der Waals surface area contributed by atoms with Crippen molar-refractivity contribution < 1.29 is 4.74 Å². The molecule has 1 aliphatic carbocycles. The van der Waals surface area contributed by atoms with Crippen molar-refractivity contribution in [3.8, 4) is 0 Å². The highest BCUT2D eigenvalue weighted by Gasteiger charge is 2.20.